The second-order valence-corrected chi connectivity index (χ2v) is 4.36. The van der Waals surface area contributed by atoms with Crippen LogP contribution in [0, 0.1) is 12.8 Å². The molecule has 1 aliphatic rings. The van der Waals surface area contributed by atoms with Crippen LogP contribution in [0.1, 0.15) is 25.6 Å². The molecule has 2 heterocycles. The summed E-state index contributed by atoms with van der Waals surface area (Å²) in [7, 11) is 0. The van der Waals surface area contributed by atoms with Crippen LogP contribution in [-0.4, -0.2) is 36.3 Å². The summed E-state index contributed by atoms with van der Waals surface area (Å²) >= 11 is 0. The van der Waals surface area contributed by atoms with Crippen molar-refractivity contribution in [3.8, 4) is 0 Å². The summed E-state index contributed by atoms with van der Waals surface area (Å²) in [6.45, 7) is 8.24. The zero-order valence-corrected chi connectivity index (χ0v) is 10.1. The molecule has 0 bridgehead atoms. The summed E-state index contributed by atoms with van der Waals surface area (Å²) in [5.41, 5.74) is 0. The normalized spacial score (nSPS) is 18.0. The lowest BCUT2D eigenvalue weighted by Gasteiger charge is -2.30. The van der Waals surface area contributed by atoms with E-state index in [4.69, 9.17) is 4.52 Å². The fourth-order valence-electron chi connectivity index (χ4n) is 2.09. The van der Waals surface area contributed by atoms with Crippen molar-refractivity contribution in [2.45, 2.75) is 26.7 Å². The van der Waals surface area contributed by atoms with Crippen LogP contribution in [0.15, 0.2) is 4.52 Å². The maximum absolute atomic E-state index is 5.17. The summed E-state index contributed by atoms with van der Waals surface area (Å²) in [5, 5.41) is 7.23. The Balaban J connectivity index is 1.81. The maximum Gasteiger partial charge on any atom is 0.324 e. The summed E-state index contributed by atoms with van der Waals surface area (Å²) in [6, 6.07) is 0.680. The van der Waals surface area contributed by atoms with E-state index in [9.17, 15) is 0 Å². The van der Waals surface area contributed by atoms with Crippen LogP contribution in [0.3, 0.4) is 0 Å². The number of aryl methyl sites for hydroxylation is 1. The Morgan fingerprint density at radius 2 is 2.19 bits per heavy atom. The molecular formula is C11H20N4O. The van der Waals surface area contributed by atoms with Gasteiger partial charge in [0.2, 0.25) is 0 Å². The molecule has 1 aromatic heterocycles. The molecular weight excluding hydrogens is 204 g/mol. The Bertz CT molecular complexity index is 318. The van der Waals surface area contributed by atoms with E-state index < -0.39 is 0 Å². The molecule has 1 aromatic rings. The molecule has 2 rings (SSSR count). The second kappa shape index (κ2) is 5.30. The second-order valence-electron chi connectivity index (χ2n) is 4.36. The van der Waals surface area contributed by atoms with Gasteiger partial charge in [-0.1, -0.05) is 12.1 Å². The first-order chi connectivity index (χ1) is 7.79. The van der Waals surface area contributed by atoms with Crippen LogP contribution >= 0.6 is 0 Å². The standard InChI is InChI=1S/C11H20N4O/c1-3-12-8-10-4-6-15(7-5-10)11-13-9(2)14-16-11/h10,12H,3-8H2,1-2H3. The lowest BCUT2D eigenvalue weighted by Crippen LogP contribution is -2.37. The van der Waals surface area contributed by atoms with Gasteiger partial charge in [-0.2, -0.15) is 4.98 Å². The van der Waals surface area contributed by atoms with E-state index in [0.29, 0.717) is 11.8 Å². The SMILES string of the molecule is CCNCC1CCN(c2nc(C)no2)CC1. The average molecular weight is 224 g/mol. The van der Waals surface area contributed by atoms with Gasteiger partial charge < -0.3 is 14.7 Å². The first kappa shape index (κ1) is 11.4. The van der Waals surface area contributed by atoms with Gasteiger partial charge in [-0.3, -0.25) is 0 Å². The molecule has 1 fully saturated rings. The Hall–Kier alpha value is -1.10. The van der Waals surface area contributed by atoms with E-state index in [-0.39, 0.29) is 0 Å². The van der Waals surface area contributed by atoms with Gasteiger partial charge in [0.25, 0.3) is 0 Å². The molecule has 0 radical (unpaired) electrons. The van der Waals surface area contributed by atoms with Gasteiger partial charge in [0, 0.05) is 13.1 Å². The van der Waals surface area contributed by atoms with Crippen LogP contribution in [0.5, 0.6) is 0 Å². The number of aromatic nitrogens is 2. The van der Waals surface area contributed by atoms with Crippen molar-refractivity contribution in [2.24, 2.45) is 5.92 Å². The van der Waals surface area contributed by atoms with Gasteiger partial charge in [-0.15, -0.1) is 0 Å². The van der Waals surface area contributed by atoms with Crippen LogP contribution in [-0.2, 0) is 0 Å². The molecule has 5 nitrogen and oxygen atoms in total. The highest BCUT2D eigenvalue weighted by Crippen LogP contribution is 2.21. The van der Waals surface area contributed by atoms with Gasteiger partial charge >= 0.3 is 6.01 Å². The first-order valence-electron chi connectivity index (χ1n) is 6.05. The molecule has 1 saturated heterocycles. The molecule has 0 saturated carbocycles. The smallest absolute Gasteiger partial charge is 0.324 e. The summed E-state index contributed by atoms with van der Waals surface area (Å²) in [6.07, 6.45) is 2.41. The van der Waals surface area contributed by atoms with Crippen molar-refractivity contribution in [1.82, 2.24) is 15.5 Å². The maximum atomic E-state index is 5.17. The van der Waals surface area contributed by atoms with Crippen molar-refractivity contribution in [3.63, 3.8) is 0 Å². The molecule has 1 N–H and O–H groups in total. The van der Waals surface area contributed by atoms with E-state index in [2.05, 4.69) is 27.3 Å². The van der Waals surface area contributed by atoms with E-state index in [0.717, 1.165) is 32.1 Å². The highest BCUT2D eigenvalue weighted by Gasteiger charge is 2.22. The monoisotopic (exact) mass is 224 g/mol. The van der Waals surface area contributed by atoms with Crippen molar-refractivity contribution < 1.29 is 4.52 Å². The lowest BCUT2D eigenvalue weighted by atomic mass is 9.97. The van der Waals surface area contributed by atoms with Crippen molar-refractivity contribution in [1.29, 1.82) is 0 Å². The number of nitrogens with one attached hydrogen (secondary N) is 1. The predicted molar refractivity (Wildman–Crippen MR) is 62.5 cm³/mol. The number of nitrogens with zero attached hydrogens (tertiary/aromatic N) is 3. The highest BCUT2D eigenvalue weighted by molar-refractivity contribution is 5.25. The lowest BCUT2D eigenvalue weighted by molar-refractivity contribution is 0.353. The quantitative estimate of drug-likeness (QED) is 0.833. The fourth-order valence-corrected chi connectivity index (χ4v) is 2.09. The molecule has 0 aliphatic carbocycles. The number of piperidine rings is 1. The largest absolute Gasteiger partial charge is 0.324 e. The first-order valence-corrected chi connectivity index (χ1v) is 6.05. The third kappa shape index (κ3) is 2.72. The van der Waals surface area contributed by atoms with E-state index >= 15 is 0 Å². The third-order valence-electron chi connectivity index (χ3n) is 3.08. The number of hydrogen-bond acceptors (Lipinski definition) is 5. The summed E-state index contributed by atoms with van der Waals surface area (Å²) in [5.74, 6) is 1.50. The number of anilines is 1. The van der Waals surface area contributed by atoms with Crippen LogP contribution < -0.4 is 10.2 Å². The van der Waals surface area contributed by atoms with E-state index in [1.54, 1.807) is 0 Å². The fraction of sp³-hybridized carbons (Fsp3) is 0.818. The van der Waals surface area contributed by atoms with E-state index in [1.165, 1.54) is 12.8 Å². The molecule has 0 aromatic carbocycles. The predicted octanol–water partition coefficient (Wildman–Crippen LogP) is 1.20. The zero-order valence-electron chi connectivity index (χ0n) is 10.1. The van der Waals surface area contributed by atoms with Crippen LogP contribution in [0.4, 0.5) is 6.01 Å². The van der Waals surface area contributed by atoms with Gasteiger partial charge in [0.15, 0.2) is 5.82 Å². The molecule has 0 spiro atoms. The van der Waals surface area contributed by atoms with Gasteiger partial charge in [0.1, 0.15) is 0 Å². The Morgan fingerprint density at radius 3 is 2.75 bits per heavy atom. The average Bonchev–Trinajstić information content (AvgIpc) is 2.74. The molecule has 16 heavy (non-hydrogen) atoms. The molecule has 90 valence electrons. The summed E-state index contributed by atoms with van der Waals surface area (Å²) in [4.78, 5) is 6.44. The topological polar surface area (TPSA) is 54.2 Å². The minimum atomic E-state index is 0.680. The van der Waals surface area contributed by atoms with Crippen LogP contribution in [0.25, 0.3) is 0 Å². The molecule has 0 atom stereocenters. The van der Waals surface area contributed by atoms with Gasteiger partial charge in [-0.25, -0.2) is 0 Å². The summed E-state index contributed by atoms with van der Waals surface area (Å²) < 4.78 is 5.17. The molecule has 1 aliphatic heterocycles. The minimum absolute atomic E-state index is 0.680. The molecule has 5 heteroatoms. The molecule has 0 unspecified atom stereocenters. The highest BCUT2D eigenvalue weighted by atomic mass is 16.5. The van der Waals surface area contributed by atoms with Gasteiger partial charge in [0.05, 0.1) is 0 Å². The zero-order chi connectivity index (χ0) is 11.4. The Labute approximate surface area is 96.2 Å². The number of rotatable bonds is 4. The Morgan fingerprint density at radius 1 is 1.44 bits per heavy atom. The van der Waals surface area contributed by atoms with E-state index in [1.807, 2.05) is 6.92 Å². The van der Waals surface area contributed by atoms with Crippen molar-refractivity contribution in [2.75, 3.05) is 31.1 Å². The molecule has 0 amide bonds. The minimum Gasteiger partial charge on any atom is -0.324 e. The van der Waals surface area contributed by atoms with Crippen molar-refractivity contribution >= 4 is 6.01 Å². The van der Waals surface area contributed by atoms with Gasteiger partial charge in [-0.05, 0) is 38.8 Å². The van der Waals surface area contributed by atoms with Crippen molar-refractivity contribution in [3.05, 3.63) is 5.82 Å². The van der Waals surface area contributed by atoms with Crippen LogP contribution in [0.2, 0.25) is 0 Å². The number of hydrogen-bond donors (Lipinski definition) is 1. The Kier molecular flexibility index (Phi) is 3.77. The third-order valence-corrected chi connectivity index (χ3v) is 3.08.